The zero-order chi connectivity index (χ0) is 22.2. The average molecular weight is 417 g/mol. The van der Waals surface area contributed by atoms with Crippen molar-refractivity contribution in [1.82, 2.24) is 14.5 Å². The highest BCUT2D eigenvalue weighted by atomic mass is 16.5. The number of carbonyl (C=O) groups is 2. The molecule has 0 spiro atoms. The largest absolute Gasteiger partial charge is 0.461 e. The number of likely N-dealkylation sites (tertiary alicyclic amines) is 1. The Balaban J connectivity index is 1.75. The zero-order valence-corrected chi connectivity index (χ0v) is 17.7. The second-order valence-electron chi connectivity index (χ2n) is 7.60. The van der Waals surface area contributed by atoms with Crippen LogP contribution in [0.15, 0.2) is 42.6 Å². The van der Waals surface area contributed by atoms with E-state index in [4.69, 9.17) is 4.74 Å². The van der Waals surface area contributed by atoms with E-state index < -0.39 is 11.6 Å². The molecule has 1 N–H and O–H groups in total. The number of likely N-dealkylation sites (N-methyl/N-ethyl adjacent to an activating group) is 1. The molecule has 0 bridgehead atoms. The molecule has 7 heteroatoms. The Hall–Kier alpha value is -3.63. The molecule has 158 valence electrons. The third-order valence-corrected chi connectivity index (χ3v) is 5.43. The minimum atomic E-state index is -1.65. The molecular weight excluding hydrogens is 394 g/mol. The number of ether oxygens (including phenoxy) is 1. The van der Waals surface area contributed by atoms with Crippen molar-refractivity contribution in [3.05, 3.63) is 53.9 Å². The predicted octanol–water partition coefficient (Wildman–Crippen LogP) is 2.36. The molecule has 3 aromatic rings. The fraction of sp³-hybridized carbons (Fsp3) is 0.292. The fourth-order valence-electron chi connectivity index (χ4n) is 3.67. The van der Waals surface area contributed by atoms with Crippen LogP contribution < -0.4 is 0 Å². The van der Waals surface area contributed by atoms with Gasteiger partial charge < -0.3 is 19.3 Å². The molecule has 0 radical (unpaired) electrons. The average Bonchev–Trinajstić information content (AvgIpc) is 3.27. The lowest BCUT2D eigenvalue weighted by Gasteiger charge is -2.13. The molecule has 2 aromatic heterocycles. The van der Waals surface area contributed by atoms with Gasteiger partial charge in [0.05, 0.1) is 17.8 Å². The predicted molar refractivity (Wildman–Crippen MR) is 116 cm³/mol. The van der Waals surface area contributed by atoms with Gasteiger partial charge in [0.1, 0.15) is 0 Å². The third-order valence-electron chi connectivity index (χ3n) is 5.43. The Labute approximate surface area is 180 Å². The van der Waals surface area contributed by atoms with Crippen LogP contribution in [0.2, 0.25) is 0 Å². The number of rotatable bonds is 3. The van der Waals surface area contributed by atoms with E-state index in [2.05, 4.69) is 16.8 Å². The fourth-order valence-corrected chi connectivity index (χ4v) is 3.67. The summed E-state index contributed by atoms with van der Waals surface area (Å²) >= 11 is 0. The third kappa shape index (κ3) is 3.78. The lowest BCUT2D eigenvalue weighted by molar-refractivity contribution is -0.137. The van der Waals surface area contributed by atoms with Crippen molar-refractivity contribution in [1.29, 1.82) is 0 Å². The van der Waals surface area contributed by atoms with Crippen molar-refractivity contribution in [2.45, 2.75) is 18.9 Å². The Morgan fingerprint density at radius 2 is 2.10 bits per heavy atom. The van der Waals surface area contributed by atoms with Gasteiger partial charge in [-0.15, -0.1) is 0 Å². The first-order valence-electron chi connectivity index (χ1n) is 10.1. The number of nitrogens with zero attached hydrogens (tertiary/aromatic N) is 3. The summed E-state index contributed by atoms with van der Waals surface area (Å²) in [5.41, 5.74) is 1.49. The summed E-state index contributed by atoms with van der Waals surface area (Å²) in [6.07, 6.45) is 2.15. The Morgan fingerprint density at radius 1 is 1.29 bits per heavy atom. The molecule has 1 saturated heterocycles. The molecule has 0 aliphatic carbocycles. The van der Waals surface area contributed by atoms with Gasteiger partial charge in [-0.25, -0.2) is 9.78 Å². The summed E-state index contributed by atoms with van der Waals surface area (Å²) in [6, 6.07) is 11.1. The number of aryl methyl sites for hydroxylation is 1. The van der Waals surface area contributed by atoms with E-state index in [9.17, 15) is 14.7 Å². The molecule has 1 aliphatic rings. The van der Waals surface area contributed by atoms with Crippen molar-refractivity contribution in [3.63, 3.8) is 0 Å². The molecule has 0 saturated carbocycles. The molecule has 31 heavy (non-hydrogen) atoms. The SMILES string of the molecule is CCOC(=O)c1nc(-c2cccc(C#C[C@]3(O)CCN(C)C3=O)c2)cc2c1ccn2C. The molecule has 1 fully saturated rings. The van der Waals surface area contributed by atoms with Crippen LogP contribution in [0.25, 0.3) is 22.2 Å². The number of fused-ring (bicyclic) bond motifs is 1. The molecule has 7 nitrogen and oxygen atoms in total. The van der Waals surface area contributed by atoms with E-state index in [1.54, 1.807) is 20.0 Å². The minimum Gasteiger partial charge on any atom is -0.461 e. The lowest BCUT2D eigenvalue weighted by atomic mass is 10.0. The monoisotopic (exact) mass is 417 g/mol. The number of esters is 1. The lowest BCUT2D eigenvalue weighted by Crippen LogP contribution is -2.37. The summed E-state index contributed by atoms with van der Waals surface area (Å²) in [6.45, 7) is 2.50. The molecule has 1 atom stereocenters. The van der Waals surface area contributed by atoms with Crippen LogP contribution in [-0.4, -0.2) is 57.2 Å². The van der Waals surface area contributed by atoms with E-state index in [-0.39, 0.29) is 24.6 Å². The van der Waals surface area contributed by atoms with Crippen LogP contribution in [0.5, 0.6) is 0 Å². The summed E-state index contributed by atoms with van der Waals surface area (Å²) in [5, 5.41) is 11.2. The van der Waals surface area contributed by atoms with E-state index in [1.807, 2.05) is 48.1 Å². The minimum absolute atomic E-state index is 0.264. The summed E-state index contributed by atoms with van der Waals surface area (Å²) in [4.78, 5) is 30.7. The van der Waals surface area contributed by atoms with Gasteiger partial charge in [-0.1, -0.05) is 24.0 Å². The van der Waals surface area contributed by atoms with E-state index in [1.165, 1.54) is 4.90 Å². The molecule has 0 unspecified atom stereocenters. The van der Waals surface area contributed by atoms with Crippen molar-refractivity contribution >= 4 is 22.8 Å². The zero-order valence-electron chi connectivity index (χ0n) is 17.7. The van der Waals surface area contributed by atoms with Crippen LogP contribution >= 0.6 is 0 Å². The molecule has 1 amide bonds. The van der Waals surface area contributed by atoms with Crippen molar-refractivity contribution < 1.29 is 19.4 Å². The Kier molecular flexibility index (Phi) is 5.25. The van der Waals surface area contributed by atoms with Gasteiger partial charge in [0.15, 0.2) is 5.69 Å². The Morgan fingerprint density at radius 3 is 2.81 bits per heavy atom. The topological polar surface area (TPSA) is 84.7 Å². The highest BCUT2D eigenvalue weighted by molar-refractivity contribution is 6.03. The molecule has 1 aliphatic heterocycles. The van der Waals surface area contributed by atoms with Crippen LogP contribution in [-0.2, 0) is 16.6 Å². The number of carbonyl (C=O) groups excluding carboxylic acids is 2. The van der Waals surface area contributed by atoms with Crippen molar-refractivity contribution in [3.8, 4) is 23.1 Å². The second-order valence-corrected chi connectivity index (χ2v) is 7.60. The normalized spacial score (nSPS) is 18.2. The smallest absolute Gasteiger partial charge is 0.357 e. The number of benzene rings is 1. The maximum Gasteiger partial charge on any atom is 0.357 e. The number of hydrogen-bond donors (Lipinski definition) is 1. The van der Waals surface area contributed by atoms with Crippen LogP contribution in [0.3, 0.4) is 0 Å². The van der Waals surface area contributed by atoms with Gasteiger partial charge in [-0.2, -0.15) is 0 Å². The number of hydrogen-bond acceptors (Lipinski definition) is 5. The van der Waals surface area contributed by atoms with Crippen molar-refractivity contribution in [2.24, 2.45) is 7.05 Å². The maximum absolute atomic E-state index is 12.5. The number of aromatic nitrogens is 2. The van der Waals surface area contributed by atoms with Gasteiger partial charge in [0, 0.05) is 49.8 Å². The summed E-state index contributed by atoms with van der Waals surface area (Å²) in [5.74, 6) is 4.79. The van der Waals surface area contributed by atoms with E-state index >= 15 is 0 Å². The Bertz CT molecular complexity index is 1250. The quantitative estimate of drug-likeness (QED) is 0.522. The van der Waals surface area contributed by atoms with Crippen LogP contribution in [0.4, 0.5) is 0 Å². The summed E-state index contributed by atoms with van der Waals surface area (Å²) in [7, 11) is 3.55. The van der Waals surface area contributed by atoms with Gasteiger partial charge in [0.2, 0.25) is 5.60 Å². The number of aliphatic hydroxyl groups is 1. The number of amides is 1. The van der Waals surface area contributed by atoms with Crippen LogP contribution in [0, 0.1) is 11.8 Å². The number of pyridine rings is 1. The first-order chi connectivity index (χ1) is 14.8. The van der Waals surface area contributed by atoms with E-state index in [0.717, 1.165) is 16.5 Å². The van der Waals surface area contributed by atoms with Gasteiger partial charge >= 0.3 is 5.97 Å². The van der Waals surface area contributed by atoms with Gasteiger partial charge in [-0.05, 0) is 31.2 Å². The van der Waals surface area contributed by atoms with Crippen LogP contribution in [0.1, 0.15) is 29.4 Å². The van der Waals surface area contributed by atoms with E-state index in [0.29, 0.717) is 17.8 Å². The maximum atomic E-state index is 12.5. The molecular formula is C24H23N3O4. The summed E-state index contributed by atoms with van der Waals surface area (Å²) < 4.78 is 7.11. The highest BCUT2D eigenvalue weighted by Gasteiger charge is 2.42. The molecule has 4 rings (SSSR count). The molecule has 3 heterocycles. The van der Waals surface area contributed by atoms with Gasteiger partial charge in [-0.3, -0.25) is 4.79 Å². The standard InChI is InChI=1S/C24H23N3O4/c1-4-31-22(28)21-18-9-12-26(2)20(18)15-19(25-21)17-7-5-6-16(14-17)8-10-24(30)11-13-27(3)23(24)29/h5-7,9,12,14-15,30H,4,11,13H2,1-3H3/t24-/m0/s1. The first-order valence-corrected chi connectivity index (χ1v) is 10.1. The van der Waals surface area contributed by atoms with Gasteiger partial charge in [0.25, 0.3) is 5.91 Å². The molecule has 1 aromatic carbocycles. The first kappa shape index (κ1) is 20.6. The van der Waals surface area contributed by atoms with Crippen molar-refractivity contribution in [2.75, 3.05) is 20.2 Å². The highest BCUT2D eigenvalue weighted by Crippen LogP contribution is 2.27. The second kappa shape index (κ2) is 7.89.